The van der Waals surface area contributed by atoms with E-state index in [9.17, 15) is 0 Å². The first-order valence-electron chi connectivity index (χ1n) is 8.03. The molecule has 2 heteroatoms. The average molecular weight is 253 g/mol. The topological polar surface area (TPSA) is 21.3 Å². The highest BCUT2D eigenvalue weighted by Gasteiger charge is 2.29. The zero-order valence-electron chi connectivity index (χ0n) is 12.3. The summed E-state index contributed by atoms with van der Waals surface area (Å²) in [7, 11) is 1.83. The fraction of sp³-hybridized carbons (Fsp3) is 1.00. The van der Waals surface area contributed by atoms with Crippen molar-refractivity contribution in [1.29, 1.82) is 0 Å². The van der Waals surface area contributed by atoms with E-state index in [0.29, 0.717) is 0 Å². The molecule has 0 aromatic heterocycles. The van der Waals surface area contributed by atoms with Crippen LogP contribution in [0.1, 0.15) is 58.3 Å². The Balaban J connectivity index is 1.83. The van der Waals surface area contributed by atoms with Gasteiger partial charge in [0.05, 0.1) is 0 Å². The second kappa shape index (κ2) is 7.49. The van der Waals surface area contributed by atoms with E-state index >= 15 is 0 Å². The highest BCUT2D eigenvalue weighted by atomic mass is 16.5. The van der Waals surface area contributed by atoms with Crippen LogP contribution in [0.25, 0.3) is 0 Å². The van der Waals surface area contributed by atoms with Gasteiger partial charge in [0.2, 0.25) is 0 Å². The minimum Gasteiger partial charge on any atom is -0.385 e. The number of methoxy groups -OCH3 is 1. The van der Waals surface area contributed by atoms with Crippen LogP contribution in [0.5, 0.6) is 0 Å². The van der Waals surface area contributed by atoms with Gasteiger partial charge in [-0.1, -0.05) is 26.2 Å². The van der Waals surface area contributed by atoms with Crippen LogP contribution in [0.2, 0.25) is 0 Å². The summed E-state index contributed by atoms with van der Waals surface area (Å²) in [4.78, 5) is 0. The number of rotatable bonds is 7. The van der Waals surface area contributed by atoms with E-state index in [2.05, 4.69) is 12.2 Å². The monoisotopic (exact) mass is 253 g/mol. The molecule has 0 saturated heterocycles. The van der Waals surface area contributed by atoms with Crippen LogP contribution in [0.15, 0.2) is 0 Å². The van der Waals surface area contributed by atoms with Crippen molar-refractivity contribution in [2.24, 2.45) is 17.8 Å². The molecule has 18 heavy (non-hydrogen) atoms. The van der Waals surface area contributed by atoms with E-state index in [1.807, 2.05) is 7.11 Å². The van der Waals surface area contributed by atoms with E-state index in [-0.39, 0.29) is 0 Å². The van der Waals surface area contributed by atoms with Gasteiger partial charge in [-0.2, -0.15) is 0 Å². The third kappa shape index (κ3) is 4.55. The van der Waals surface area contributed by atoms with Crippen LogP contribution < -0.4 is 5.32 Å². The Hall–Kier alpha value is -0.0800. The lowest BCUT2D eigenvalue weighted by molar-refractivity contribution is 0.141. The van der Waals surface area contributed by atoms with Crippen LogP contribution in [0, 0.1) is 17.8 Å². The molecule has 3 atom stereocenters. The number of hydrogen-bond donors (Lipinski definition) is 1. The maximum Gasteiger partial charge on any atom is 0.0464 e. The van der Waals surface area contributed by atoms with Gasteiger partial charge < -0.3 is 10.1 Å². The van der Waals surface area contributed by atoms with Gasteiger partial charge in [-0.25, -0.2) is 0 Å². The molecule has 0 bridgehead atoms. The molecule has 2 aliphatic carbocycles. The molecular weight excluding hydrogens is 222 g/mol. The molecule has 0 aromatic carbocycles. The van der Waals surface area contributed by atoms with Gasteiger partial charge in [0.25, 0.3) is 0 Å². The van der Waals surface area contributed by atoms with Gasteiger partial charge in [0, 0.05) is 19.8 Å². The third-order valence-corrected chi connectivity index (χ3v) is 4.97. The van der Waals surface area contributed by atoms with Crippen molar-refractivity contribution in [2.45, 2.75) is 64.3 Å². The summed E-state index contributed by atoms with van der Waals surface area (Å²) in [6, 6.07) is 0.864. The quantitative estimate of drug-likeness (QED) is 0.700. The van der Waals surface area contributed by atoms with Crippen molar-refractivity contribution in [2.75, 3.05) is 20.3 Å². The molecule has 0 radical (unpaired) electrons. The second-order valence-corrected chi connectivity index (χ2v) is 6.50. The lowest BCUT2D eigenvalue weighted by Crippen LogP contribution is -2.32. The highest BCUT2D eigenvalue weighted by molar-refractivity contribution is 4.85. The number of hydrogen-bond acceptors (Lipinski definition) is 2. The van der Waals surface area contributed by atoms with Crippen molar-refractivity contribution in [3.8, 4) is 0 Å². The van der Waals surface area contributed by atoms with Crippen LogP contribution in [-0.2, 0) is 4.74 Å². The predicted molar refractivity (Wildman–Crippen MR) is 76.7 cm³/mol. The molecule has 2 saturated carbocycles. The van der Waals surface area contributed by atoms with Gasteiger partial charge in [0.15, 0.2) is 0 Å². The van der Waals surface area contributed by atoms with E-state index in [1.54, 1.807) is 0 Å². The van der Waals surface area contributed by atoms with Crippen molar-refractivity contribution < 1.29 is 4.74 Å². The third-order valence-electron chi connectivity index (χ3n) is 4.97. The first-order valence-corrected chi connectivity index (χ1v) is 8.03. The van der Waals surface area contributed by atoms with Gasteiger partial charge in [-0.3, -0.25) is 0 Å². The summed E-state index contributed by atoms with van der Waals surface area (Å²) in [5, 5.41) is 3.76. The van der Waals surface area contributed by atoms with Gasteiger partial charge in [-0.15, -0.1) is 0 Å². The van der Waals surface area contributed by atoms with Crippen LogP contribution in [0.4, 0.5) is 0 Å². The maximum atomic E-state index is 5.26. The number of ether oxygens (including phenoxy) is 1. The van der Waals surface area contributed by atoms with Crippen molar-refractivity contribution in [3.63, 3.8) is 0 Å². The molecule has 0 heterocycles. The molecule has 0 aromatic rings. The average Bonchev–Trinajstić information content (AvgIpc) is 3.19. The zero-order chi connectivity index (χ0) is 12.8. The lowest BCUT2D eigenvalue weighted by Gasteiger charge is -2.31. The molecule has 3 unspecified atom stereocenters. The van der Waals surface area contributed by atoms with Crippen molar-refractivity contribution in [1.82, 2.24) is 5.32 Å². The largest absolute Gasteiger partial charge is 0.385 e. The summed E-state index contributed by atoms with van der Waals surface area (Å²) in [6.45, 7) is 4.65. The minimum absolute atomic E-state index is 0.828. The molecule has 0 spiro atoms. The molecular formula is C16H31NO. The van der Waals surface area contributed by atoms with Gasteiger partial charge >= 0.3 is 0 Å². The molecule has 2 fully saturated rings. The summed E-state index contributed by atoms with van der Waals surface area (Å²) in [6.07, 6.45) is 11.3. The van der Waals surface area contributed by atoms with Crippen LogP contribution in [-0.4, -0.2) is 26.3 Å². The van der Waals surface area contributed by atoms with Crippen molar-refractivity contribution >= 4 is 0 Å². The van der Waals surface area contributed by atoms with E-state index < -0.39 is 0 Å². The first-order chi connectivity index (χ1) is 8.81. The van der Waals surface area contributed by atoms with Gasteiger partial charge in [-0.05, 0) is 56.4 Å². The summed E-state index contributed by atoms with van der Waals surface area (Å²) < 4.78 is 5.26. The standard InChI is InChI=1S/C16H31NO/c1-13(10-11-18-2)16-7-5-3-4-6-14(16)12-17-15-8-9-15/h13-17H,3-12H2,1-2H3. The Morgan fingerprint density at radius 1 is 1.11 bits per heavy atom. The number of nitrogens with one attached hydrogen (secondary N) is 1. The highest BCUT2D eigenvalue weighted by Crippen LogP contribution is 2.35. The second-order valence-electron chi connectivity index (χ2n) is 6.50. The Morgan fingerprint density at radius 3 is 2.61 bits per heavy atom. The zero-order valence-corrected chi connectivity index (χ0v) is 12.3. The van der Waals surface area contributed by atoms with E-state index in [1.165, 1.54) is 57.9 Å². The molecule has 0 aliphatic heterocycles. The molecule has 0 amide bonds. The van der Waals surface area contributed by atoms with Gasteiger partial charge in [0.1, 0.15) is 0 Å². The summed E-state index contributed by atoms with van der Waals surface area (Å²) in [5.74, 6) is 2.67. The SMILES string of the molecule is COCCC(C)C1CCCCCC1CNC1CC1. The van der Waals surface area contributed by atoms with E-state index in [4.69, 9.17) is 4.74 Å². The predicted octanol–water partition coefficient (Wildman–Crippen LogP) is 3.61. The van der Waals surface area contributed by atoms with Crippen molar-refractivity contribution in [3.05, 3.63) is 0 Å². The van der Waals surface area contributed by atoms with E-state index in [0.717, 1.165) is 30.4 Å². The fourth-order valence-corrected chi connectivity index (χ4v) is 3.54. The normalized spacial score (nSPS) is 31.0. The Kier molecular flexibility index (Phi) is 5.97. The summed E-state index contributed by atoms with van der Waals surface area (Å²) in [5.41, 5.74) is 0. The van der Waals surface area contributed by atoms with Crippen LogP contribution >= 0.6 is 0 Å². The Labute approximate surface area is 113 Å². The fourth-order valence-electron chi connectivity index (χ4n) is 3.54. The lowest BCUT2D eigenvalue weighted by atomic mass is 9.78. The molecule has 2 nitrogen and oxygen atoms in total. The Morgan fingerprint density at radius 2 is 1.89 bits per heavy atom. The molecule has 106 valence electrons. The summed E-state index contributed by atoms with van der Waals surface area (Å²) >= 11 is 0. The maximum absolute atomic E-state index is 5.26. The molecule has 2 rings (SSSR count). The molecule has 2 aliphatic rings. The minimum atomic E-state index is 0.828. The van der Waals surface area contributed by atoms with Crippen LogP contribution in [0.3, 0.4) is 0 Å². The first kappa shape index (κ1) is 14.3. The Bertz CT molecular complexity index is 227. The smallest absolute Gasteiger partial charge is 0.0464 e. The molecule has 1 N–H and O–H groups in total.